The van der Waals surface area contributed by atoms with E-state index in [4.69, 9.17) is 10.2 Å². The van der Waals surface area contributed by atoms with Crippen LogP contribution in [0.4, 0.5) is 17.4 Å². The Labute approximate surface area is 145 Å². The van der Waals surface area contributed by atoms with Crippen LogP contribution in [0.3, 0.4) is 0 Å². The molecular weight excluding hydrogens is 316 g/mol. The predicted octanol–water partition coefficient (Wildman–Crippen LogP) is 3.27. The van der Waals surface area contributed by atoms with Gasteiger partial charge in [-0.2, -0.15) is 4.98 Å². The first-order valence-electron chi connectivity index (χ1n) is 8.46. The summed E-state index contributed by atoms with van der Waals surface area (Å²) in [6.07, 6.45) is 1.64. The number of carbonyl (C=O) groups excluding carboxylic acids is 1. The monoisotopic (exact) mass is 336 g/mol. The highest BCUT2D eigenvalue weighted by molar-refractivity contribution is 5.77. The normalized spacial score (nSPS) is 15.4. The summed E-state index contributed by atoms with van der Waals surface area (Å²) in [5, 5.41) is 3.19. The molecular formula is C19H20N4O2. The van der Waals surface area contributed by atoms with E-state index in [0.29, 0.717) is 6.01 Å². The van der Waals surface area contributed by atoms with E-state index in [-0.39, 0.29) is 11.8 Å². The minimum Gasteiger partial charge on any atom is -0.423 e. The number of nitrogens with two attached hydrogens (primary N) is 1. The number of para-hydroxylation sites is 2. The van der Waals surface area contributed by atoms with Crippen LogP contribution in [-0.2, 0) is 4.79 Å². The molecule has 0 atom stereocenters. The first kappa shape index (κ1) is 15.5. The van der Waals surface area contributed by atoms with Crippen molar-refractivity contribution in [3.63, 3.8) is 0 Å². The van der Waals surface area contributed by atoms with Crippen molar-refractivity contribution >= 4 is 34.4 Å². The number of nitrogens with one attached hydrogen (secondary N) is 1. The average molecular weight is 336 g/mol. The Bertz CT molecular complexity index is 847. The number of hydrogen-bond acceptors (Lipinski definition) is 5. The van der Waals surface area contributed by atoms with Crippen molar-refractivity contribution in [1.82, 2.24) is 4.98 Å². The molecule has 3 aromatic rings. The van der Waals surface area contributed by atoms with E-state index in [1.807, 2.05) is 36.4 Å². The summed E-state index contributed by atoms with van der Waals surface area (Å²) in [6, 6.07) is 16.3. The third kappa shape index (κ3) is 3.28. The van der Waals surface area contributed by atoms with Gasteiger partial charge in [-0.3, -0.25) is 4.79 Å². The minimum atomic E-state index is -0.183. The van der Waals surface area contributed by atoms with Crippen LogP contribution in [0, 0.1) is 5.92 Å². The van der Waals surface area contributed by atoms with E-state index in [1.54, 1.807) is 0 Å². The molecule has 0 unspecified atom stereocenters. The Morgan fingerprint density at radius 3 is 2.52 bits per heavy atom. The number of amides is 1. The maximum absolute atomic E-state index is 11.3. The Hall–Kier alpha value is -3.02. The lowest BCUT2D eigenvalue weighted by Crippen LogP contribution is -2.38. The molecule has 6 nitrogen and oxygen atoms in total. The van der Waals surface area contributed by atoms with Gasteiger partial charge in [-0.05, 0) is 49.2 Å². The van der Waals surface area contributed by atoms with Crippen LogP contribution in [0.5, 0.6) is 0 Å². The highest BCUT2D eigenvalue weighted by Crippen LogP contribution is 2.26. The average Bonchev–Trinajstić information content (AvgIpc) is 3.05. The van der Waals surface area contributed by atoms with Gasteiger partial charge in [-0.25, -0.2) is 0 Å². The Balaban J connectivity index is 1.42. The molecule has 0 spiro atoms. The molecule has 3 N–H and O–H groups in total. The zero-order valence-electron chi connectivity index (χ0n) is 13.8. The number of carbonyl (C=O) groups is 1. The van der Waals surface area contributed by atoms with Crippen LogP contribution in [0.2, 0.25) is 0 Å². The number of anilines is 3. The molecule has 2 aromatic carbocycles. The maximum Gasteiger partial charge on any atom is 0.300 e. The zero-order chi connectivity index (χ0) is 17.2. The fourth-order valence-corrected chi connectivity index (χ4v) is 3.23. The van der Waals surface area contributed by atoms with Crippen molar-refractivity contribution in [2.45, 2.75) is 12.8 Å². The zero-order valence-corrected chi connectivity index (χ0v) is 13.8. The van der Waals surface area contributed by atoms with E-state index in [0.717, 1.165) is 48.4 Å². The summed E-state index contributed by atoms with van der Waals surface area (Å²) < 4.78 is 5.68. The van der Waals surface area contributed by atoms with Gasteiger partial charge in [-0.1, -0.05) is 12.1 Å². The maximum atomic E-state index is 11.3. The molecule has 1 aliphatic rings. The number of hydrogen-bond donors (Lipinski definition) is 2. The van der Waals surface area contributed by atoms with Crippen molar-refractivity contribution in [3.8, 4) is 0 Å². The van der Waals surface area contributed by atoms with Crippen LogP contribution in [0.25, 0.3) is 11.1 Å². The van der Waals surface area contributed by atoms with Gasteiger partial charge in [-0.15, -0.1) is 0 Å². The van der Waals surface area contributed by atoms with Crippen molar-refractivity contribution < 1.29 is 9.21 Å². The molecule has 1 saturated heterocycles. The molecule has 1 amide bonds. The van der Waals surface area contributed by atoms with Crippen LogP contribution in [0.1, 0.15) is 12.8 Å². The topological polar surface area (TPSA) is 84.4 Å². The van der Waals surface area contributed by atoms with Gasteiger partial charge >= 0.3 is 0 Å². The quantitative estimate of drug-likeness (QED) is 0.764. The van der Waals surface area contributed by atoms with Gasteiger partial charge in [0.1, 0.15) is 5.52 Å². The fourth-order valence-electron chi connectivity index (χ4n) is 3.23. The molecule has 0 aliphatic carbocycles. The molecule has 25 heavy (non-hydrogen) atoms. The number of rotatable bonds is 4. The van der Waals surface area contributed by atoms with E-state index in [9.17, 15) is 4.79 Å². The number of oxazole rings is 1. The van der Waals surface area contributed by atoms with Gasteiger partial charge in [0, 0.05) is 30.4 Å². The first-order chi connectivity index (χ1) is 12.2. The standard InChI is InChI=1S/C19H20N4O2/c20-18(24)13-9-11-23(12-10-13)15-7-5-14(6-8-15)21-19-22-16-3-1-2-4-17(16)25-19/h1-8,13H,9-12H2,(H2,20,24)(H,21,22). The lowest BCUT2D eigenvalue weighted by atomic mass is 9.96. The summed E-state index contributed by atoms with van der Waals surface area (Å²) in [5.74, 6) is -0.172. The van der Waals surface area contributed by atoms with E-state index in [1.165, 1.54) is 0 Å². The first-order valence-corrected chi connectivity index (χ1v) is 8.46. The van der Waals surface area contributed by atoms with E-state index in [2.05, 4.69) is 27.3 Å². The smallest absolute Gasteiger partial charge is 0.300 e. The van der Waals surface area contributed by atoms with Crippen molar-refractivity contribution in [1.29, 1.82) is 0 Å². The van der Waals surface area contributed by atoms with Crippen LogP contribution in [-0.4, -0.2) is 24.0 Å². The van der Waals surface area contributed by atoms with Crippen molar-refractivity contribution in [2.24, 2.45) is 11.7 Å². The minimum absolute atomic E-state index is 0.0105. The highest BCUT2D eigenvalue weighted by atomic mass is 16.4. The molecule has 0 saturated carbocycles. The second kappa shape index (κ2) is 6.47. The number of benzene rings is 2. The molecule has 1 aromatic heterocycles. The number of primary amides is 1. The summed E-state index contributed by atoms with van der Waals surface area (Å²) in [4.78, 5) is 18.0. The highest BCUT2D eigenvalue weighted by Gasteiger charge is 2.23. The lowest BCUT2D eigenvalue weighted by Gasteiger charge is -2.32. The summed E-state index contributed by atoms with van der Waals surface area (Å²) in [5.41, 5.74) is 9.05. The summed E-state index contributed by atoms with van der Waals surface area (Å²) >= 11 is 0. The Kier molecular flexibility index (Phi) is 4.01. The molecule has 128 valence electrons. The van der Waals surface area contributed by atoms with Gasteiger partial charge < -0.3 is 20.4 Å². The summed E-state index contributed by atoms with van der Waals surface area (Å²) in [6.45, 7) is 1.71. The SMILES string of the molecule is NC(=O)C1CCN(c2ccc(Nc3nc4ccccc4o3)cc2)CC1. The lowest BCUT2D eigenvalue weighted by molar-refractivity contribution is -0.122. The molecule has 4 rings (SSSR count). The molecule has 1 fully saturated rings. The van der Waals surface area contributed by atoms with Crippen LogP contribution < -0.4 is 16.0 Å². The second-order valence-corrected chi connectivity index (χ2v) is 6.32. The van der Waals surface area contributed by atoms with Gasteiger partial charge in [0.25, 0.3) is 6.01 Å². The largest absolute Gasteiger partial charge is 0.423 e. The van der Waals surface area contributed by atoms with E-state index < -0.39 is 0 Å². The fraction of sp³-hybridized carbons (Fsp3) is 0.263. The number of aromatic nitrogens is 1. The molecule has 1 aliphatic heterocycles. The second-order valence-electron chi connectivity index (χ2n) is 6.32. The van der Waals surface area contributed by atoms with Gasteiger partial charge in [0.2, 0.25) is 5.91 Å². The summed E-state index contributed by atoms with van der Waals surface area (Å²) in [7, 11) is 0. The van der Waals surface area contributed by atoms with Crippen LogP contribution in [0.15, 0.2) is 52.9 Å². The van der Waals surface area contributed by atoms with E-state index >= 15 is 0 Å². The van der Waals surface area contributed by atoms with Crippen LogP contribution >= 0.6 is 0 Å². The molecule has 0 bridgehead atoms. The number of fused-ring (bicyclic) bond motifs is 1. The third-order valence-electron chi connectivity index (χ3n) is 4.67. The number of nitrogens with zero attached hydrogens (tertiary/aromatic N) is 2. The van der Waals surface area contributed by atoms with Gasteiger partial charge in [0.15, 0.2) is 5.58 Å². The predicted molar refractivity (Wildman–Crippen MR) is 97.9 cm³/mol. The van der Waals surface area contributed by atoms with Crippen molar-refractivity contribution in [3.05, 3.63) is 48.5 Å². The molecule has 0 radical (unpaired) electrons. The molecule has 6 heteroatoms. The third-order valence-corrected chi connectivity index (χ3v) is 4.67. The Morgan fingerprint density at radius 2 is 1.84 bits per heavy atom. The Morgan fingerprint density at radius 1 is 1.12 bits per heavy atom. The molecule has 2 heterocycles. The number of piperidine rings is 1. The van der Waals surface area contributed by atoms with Crippen molar-refractivity contribution in [2.75, 3.05) is 23.3 Å². The van der Waals surface area contributed by atoms with Gasteiger partial charge in [0.05, 0.1) is 0 Å².